The molecule has 1 aromatic carbocycles. The molecule has 0 saturated carbocycles. The smallest absolute Gasteiger partial charge is 0.321 e. The summed E-state index contributed by atoms with van der Waals surface area (Å²) in [6.07, 6.45) is 0.743. The van der Waals surface area contributed by atoms with Gasteiger partial charge in [-0.05, 0) is 31.9 Å². The minimum atomic E-state index is -3.97. The summed E-state index contributed by atoms with van der Waals surface area (Å²) in [6, 6.07) is 7.51. The fourth-order valence-corrected chi connectivity index (χ4v) is 4.25. The van der Waals surface area contributed by atoms with E-state index in [4.69, 9.17) is 9.26 Å². The summed E-state index contributed by atoms with van der Waals surface area (Å²) in [7, 11) is -3.97. The first-order valence-corrected chi connectivity index (χ1v) is 9.74. The van der Waals surface area contributed by atoms with Crippen LogP contribution in [0.3, 0.4) is 0 Å². The van der Waals surface area contributed by atoms with Gasteiger partial charge in [-0.25, -0.2) is 8.42 Å². The molecule has 2 aromatic rings. The molecule has 0 spiro atoms. The second-order valence-corrected chi connectivity index (χ2v) is 7.77. The van der Waals surface area contributed by atoms with Crippen LogP contribution in [-0.2, 0) is 30.8 Å². The minimum absolute atomic E-state index is 0.111. The van der Waals surface area contributed by atoms with E-state index in [2.05, 4.69) is 9.88 Å². The van der Waals surface area contributed by atoms with Crippen LogP contribution >= 0.6 is 0 Å². The van der Waals surface area contributed by atoms with Crippen molar-refractivity contribution in [2.24, 2.45) is 0 Å². The predicted molar refractivity (Wildman–Crippen MR) is 94.6 cm³/mol. The maximum absolute atomic E-state index is 12.3. The predicted octanol–water partition coefficient (Wildman–Crippen LogP) is 0.702. The zero-order valence-corrected chi connectivity index (χ0v) is 15.7. The number of nitrogens with one attached hydrogen (secondary N) is 1. The Morgan fingerprint density at radius 2 is 2.04 bits per heavy atom. The number of hydrogen-bond acceptors (Lipinski definition) is 7. The molecule has 0 radical (unpaired) electrons. The molecular weight excluding hydrogens is 374 g/mol. The number of esters is 1. The third kappa shape index (κ3) is 4.01. The van der Waals surface area contributed by atoms with Crippen LogP contribution in [0.4, 0.5) is 5.69 Å². The van der Waals surface area contributed by atoms with Crippen molar-refractivity contribution in [1.29, 1.82) is 0 Å². The fourth-order valence-electron chi connectivity index (χ4n) is 2.95. The number of anilines is 1. The van der Waals surface area contributed by atoms with Crippen molar-refractivity contribution < 1.29 is 27.3 Å². The van der Waals surface area contributed by atoms with Gasteiger partial charge < -0.3 is 14.2 Å². The summed E-state index contributed by atoms with van der Waals surface area (Å²) in [5.74, 6) is -1.09. The minimum Gasteiger partial charge on any atom is -0.455 e. The molecule has 9 nitrogen and oxygen atoms in total. The number of sulfonamides is 1. The average molecular weight is 393 g/mol. The molecule has 0 saturated heterocycles. The number of carbonyl (C=O) groups is 2. The summed E-state index contributed by atoms with van der Waals surface area (Å²) in [5.41, 5.74) is 2.05. The first kappa shape index (κ1) is 19.1. The van der Waals surface area contributed by atoms with E-state index in [1.165, 1.54) is 13.8 Å². The quantitative estimate of drug-likeness (QED) is 0.718. The van der Waals surface area contributed by atoms with Gasteiger partial charge in [0.15, 0.2) is 12.4 Å². The number of rotatable bonds is 6. The highest BCUT2D eigenvalue weighted by Gasteiger charge is 2.27. The first-order chi connectivity index (χ1) is 12.8. The van der Waals surface area contributed by atoms with Gasteiger partial charge in [-0.3, -0.25) is 9.59 Å². The molecule has 0 bridgehead atoms. The van der Waals surface area contributed by atoms with Gasteiger partial charge in [0, 0.05) is 12.2 Å². The Morgan fingerprint density at radius 3 is 2.74 bits per heavy atom. The van der Waals surface area contributed by atoms with E-state index in [1.807, 2.05) is 24.3 Å². The van der Waals surface area contributed by atoms with Crippen molar-refractivity contribution in [2.75, 3.05) is 24.6 Å². The number of nitrogens with zero attached hydrogens (tertiary/aromatic N) is 2. The third-order valence-electron chi connectivity index (χ3n) is 4.19. The molecule has 3 rings (SSSR count). The van der Waals surface area contributed by atoms with Gasteiger partial charge in [0.25, 0.3) is 5.91 Å². The number of ether oxygens (including phenoxy) is 1. The maximum atomic E-state index is 12.3. The molecule has 10 heteroatoms. The van der Waals surface area contributed by atoms with Crippen molar-refractivity contribution in [1.82, 2.24) is 9.88 Å². The van der Waals surface area contributed by atoms with E-state index in [1.54, 1.807) is 4.90 Å². The lowest BCUT2D eigenvalue weighted by Gasteiger charge is -2.17. The third-order valence-corrected chi connectivity index (χ3v) is 5.83. The van der Waals surface area contributed by atoms with Gasteiger partial charge in [0.05, 0.1) is 0 Å². The van der Waals surface area contributed by atoms with Gasteiger partial charge in [-0.1, -0.05) is 23.4 Å². The van der Waals surface area contributed by atoms with Crippen molar-refractivity contribution in [3.63, 3.8) is 0 Å². The van der Waals surface area contributed by atoms with Gasteiger partial charge in [0.1, 0.15) is 17.1 Å². The van der Waals surface area contributed by atoms with Crippen molar-refractivity contribution >= 4 is 27.6 Å². The number of carbonyl (C=O) groups excluding carboxylic acids is 2. The second kappa shape index (κ2) is 7.49. The lowest BCUT2D eigenvalue weighted by atomic mass is 10.2. The summed E-state index contributed by atoms with van der Waals surface area (Å²) in [6.45, 7) is 2.40. The van der Waals surface area contributed by atoms with Gasteiger partial charge in [-0.15, -0.1) is 0 Å². The monoisotopic (exact) mass is 393 g/mol. The highest BCUT2D eigenvalue weighted by molar-refractivity contribution is 7.89. The lowest BCUT2D eigenvalue weighted by molar-refractivity contribution is -0.146. The number of aromatic nitrogens is 1. The molecule has 1 aliphatic heterocycles. The van der Waals surface area contributed by atoms with Crippen LogP contribution in [0.15, 0.2) is 33.7 Å². The SMILES string of the molecule is Cc1noc(C)c1S(=O)(=O)NCC(=O)OCC(=O)N1CCc2ccccc21. The second-order valence-electron chi connectivity index (χ2n) is 6.06. The Balaban J connectivity index is 1.53. The molecule has 1 amide bonds. The van der Waals surface area contributed by atoms with E-state index in [0.717, 1.165) is 17.7 Å². The normalized spacial score (nSPS) is 13.5. The molecule has 27 heavy (non-hydrogen) atoms. The average Bonchev–Trinajstić information content (AvgIpc) is 3.21. The van der Waals surface area contributed by atoms with Crippen molar-refractivity contribution in [3.8, 4) is 0 Å². The van der Waals surface area contributed by atoms with Gasteiger partial charge in [0.2, 0.25) is 10.0 Å². The zero-order valence-electron chi connectivity index (χ0n) is 14.9. The maximum Gasteiger partial charge on any atom is 0.321 e. The Bertz CT molecular complexity index is 963. The highest BCUT2D eigenvalue weighted by Crippen LogP contribution is 2.27. The van der Waals surface area contributed by atoms with E-state index in [9.17, 15) is 18.0 Å². The van der Waals surface area contributed by atoms with Crippen molar-refractivity contribution in [3.05, 3.63) is 41.3 Å². The highest BCUT2D eigenvalue weighted by atomic mass is 32.2. The Hall–Kier alpha value is -2.72. The topological polar surface area (TPSA) is 119 Å². The summed E-state index contributed by atoms with van der Waals surface area (Å²) in [5, 5.41) is 3.57. The van der Waals surface area contributed by atoms with Crippen LogP contribution in [0.1, 0.15) is 17.0 Å². The van der Waals surface area contributed by atoms with Gasteiger partial charge in [-0.2, -0.15) is 4.72 Å². The zero-order chi connectivity index (χ0) is 19.6. The Labute approximate surface area is 156 Å². The molecule has 0 unspecified atom stereocenters. The molecule has 144 valence electrons. The van der Waals surface area contributed by atoms with E-state index in [-0.39, 0.29) is 22.3 Å². The number of aryl methyl sites for hydroxylation is 2. The largest absolute Gasteiger partial charge is 0.455 e. The molecule has 0 aliphatic carbocycles. The van der Waals surface area contributed by atoms with Crippen LogP contribution in [0.2, 0.25) is 0 Å². The summed E-state index contributed by atoms with van der Waals surface area (Å²) < 4.78 is 36.3. The summed E-state index contributed by atoms with van der Waals surface area (Å²) >= 11 is 0. The number of benzene rings is 1. The van der Waals surface area contributed by atoms with Crippen LogP contribution in [0, 0.1) is 13.8 Å². The molecule has 1 N–H and O–H groups in total. The van der Waals surface area contributed by atoms with Crippen LogP contribution < -0.4 is 9.62 Å². The molecule has 0 fully saturated rings. The molecule has 1 aromatic heterocycles. The molecule has 0 atom stereocenters. The Kier molecular flexibility index (Phi) is 5.29. The van der Waals surface area contributed by atoms with E-state index in [0.29, 0.717) is 6.54 Å². The first-order valence-electron chi connectivity index (χ1n) is 8.26. The number of para-hydroxylation sites is 1. The van der Waals surface area contributed by atoms with E-state index < -0.39 is 29.1 Å². The lowest BCUT2D eigenvalue weighted by Crippen LogP contribution is -2.36. The van der Waals surface area contributed by atoms with Crippen LogP contribution in [0.5, 0.6) is 0 Å². The van der Waals surface area contributed by atoms with Crippen molar-refractivity contribution in [2.45, 2.75) is 25.2 Å². The van der Waals surface area contributed by atoms with E-state index >= 15 is 0 Å². The van der Waals surface area contributed by atoms with Gasteiger partial charge >= 0.3 is 5.97 Å². The molecule has 2 heterocycles. The number of fused-ring (bicyclic) bond motifs is 1. The molecular formula is C17H19N3O6S. The standard InChI is InChI=1S/C17H19N3O6S/c1-11-17(12(2)26-19-11)27(23,24)18-9-16(22)25-10-15(21)20-8-7-13-5-3-4-6-14(13)20/h3-6,18H,7-10H2,1-2H3. The Morgan fingerprint density at radius 1 is 1.30 bits per heavy atom. The summed E-state index contributed by atoms with van der Waals surface area (Å²) in [4.78, 5) is 25.6. The number of amides is 1. The number of hydrogen-bond donors (Lipinski definition) is 1. The fraction of sp³-hybridized carbons (Fsp3) is 0.353. The molecule has 1 aliphatic rings. The van der Waals surface area contributed by atoms with Crippen LogP contribution in [0.25, 0.3) is 0 Å². The van der Waals surface area contributed by atoms with Crippen LogP contribution in [-0.4, -0.2) is 45.1 Å².